The van der Waals surface area contributed by atoms with E-state index in [0.717, 1.165) is 89.7 Å². The van der Waals surface area contributed by atoms with Crippen molar-refractivity contribution in [3.63, 3.8) is 0 Å². The van der Waals surface area contributed by atoms with E-state index in [1.807, 2.05) is 33.2 Å². The van der Waals surface area contributed by atoms with Gasteiger partial charge in [-0.1, -0.05) is 0 Å². The molecule has 2 heterocycles. The average molecular weight is 651 g/mol. The summed E-state index contributed by atoms with van der Waals surface area (Å²) in [5.74, 6) is 0. The van der Waals surface area contributed by atoms with E-state index in [1.54, 1.807) is 32.3 Å². The molecule has 14 nitrogen and oxygen atoms in total. The van der Waals surface area contributed by atoms with Gasteiger partial charge in [0.05, 0.1) is 28.7 Å². The summed E-state index contributed by atoms with van der Waals surface area (Å²) in [5, 5.41) is 28.8. The lowest BCUT2D eigenvalue weighted by molar-refractivity contribution is -0.384. The first-order chi connectivity index (χ1) is 22.6. The van der Waals surface area contributed by atoms with Crippen molar-refractivity contribution < 1.29 is 9.85 Å². The summed E-state index contributed by atoms with van der Waals surface area (Å²) in [6.07, 6.45) is 12.8. The van der Waals surface area contributed by atoms with Gasteiger partial charge in [-0.2, -0.15) is 0 Å². The molecule has 2 aromatic rings. The molecule has 0 bridgehead atoms. The van der Waals surface area contributed by atoms with E-state index in [2.05, 4.69) is 64.8 Å². The maximum absolute atomic E-state index is 11.6. The van der Waals surface area contributed by atoms with Gasteiger partial charge in [0.25, 0.3) is 11.4 Å². The van der Waals surface area contributed by atoms with Crippen LogP contribution >= 0.6 is 0 Å². The van der Waals surface area contributed by atoms with Gasteiger partial charge in [0, 0.05) is 110 Å². The van der Waals surface area contributed by atoms with Crippen LogP contribution in [0.15, 0.2) is 55.1 Å². The van der Waals surface area contributed by atoms with Crippen LogP contribution in [-0.2, 0) is 0 Å². The fourth-order valence-electron chi connectivity index (χ4n) is 6.17. The first-order valence-electron chi connectivity index (χ1n) is 16.3. The number of nitro groups is 2. The van der Waals surface area contributed by atoms with Gasteiger partial charge < -0.3 is 40.0 Å². The molecule has 2 aliphatic rings. The van der Waals surface area contributed by atoms with Crippen molar-refractivity contribution in [1.29, 1.82) is 0 Å². The van der Waals surface area contributed by atoms with Crippen LogP contribution in [0, 0.1) is 27.2 Å². The topological polar surface area (TPSA) is 130 Å². The second-order valence-electron chi connectivity index (χ2n) is 12.2. The number of rotatable bonds is 19. The summed E-state index contributed by atoms with van der Waals surface area (Å²) in [6.45, 7) is 9.13. The Balaban J connectivity index is 1.07. The Labute approximate surface area is 278 Å². The van der Waals surface area contributed by atoms with Crippen molar-refractivity contribution in [1.82, 2.24) is 19.6 Å². The summed E-state index contributed by atoms with van der Waals surface area (Å²) in [4.78, 5) is 35.9. The van der Waals surface area contributed by atoms with Crippen LogP contribution in [0.3, 0.4) is 0 Å². The molecule has 0 unspecified atom stereocenters. The fourth-order valence-corrected chi connectivity index (χ4v) is 6.17. The Morgan fingerprint density at radius 2 is 1.19 bits per heavy atom. The molecule has 2 aromatic carbocycles. The molecule has 0 saturated carbocycles. The maximum Gasteiger partial charge on any atom is 0.297 e. The molecule has 0 saturated heterocycles. The normalized spacial score (nSPS) is 13.9. The molecule has 47 heavy (non-hydrogen) atoms. The lowest BCUT2D eigenvalue weighted by atomic mass is 10.1. The number of anilines is 4. The van der Waals surface area contributed by atoms with Gasteiger partial charge >= 0.3 is 0 Å². The molecule has 2 aliphatic heterocycles. The van der Waals surface area contributed by atoms with Gasteiger partial charge in [0.2, 0.25) is 0 Å². The summed E-state index contributed by atoms with van der Waals surface area (Å²) in [6, 6.07) is 9.03. The standard InChI is InChI=1S/C33H50N10O4/c1-27-31(13-12-30(35-3)33(27)43(46)47)37(5)15-9-19-41-23-21-39(26-41)17-7-6-16-38-20-22-40(25-38)18-8-14-36(4)28-10-11-29(34-2)32(24-28)42(44)45/h10-13,20-24,34-35H,6-9,14-19,25-26H2,1-5H3. The molecule has 0 aliphatic carbocycles. The zero-order valence-electron chi connectivity index (χ0n) is 28.4. The maximum atomic E-state index is 11.6. The lowest BCUT2D eigenvalue weighted by Gasteiger charge is -2.25. The number of nitrogens with zero attached hydrogens (tertiary/aromatic N) is 8. The highest BCUT2D eigenvalue weighted by Gasteiger charge is 2.22. The summed E-state index contributed by atoms with van der Waals surface area (Å²) >= 11 is 0. The molecule has 0 radical (unpaired) electrons. The van der Waals surface area contributed by atoms with Crippen molar-refractivity contribution in [2.45, 2.75) is 32.6 Å². The molecular formula is C33H50N10O4. The van der Waals surface area contributed by atoms with Gasteiger partial charge in [-0.3, -0.25) is 20.2 Å². The predicted molar refractivity (Wildman–Crippen MR) is 190 cm³/mol. The van der Waals surface area contributed by atoms with Gasteiger partial charge in [-0.05, 0) is 56.9 Å². The fraction of sp³-hybridized carbons (Fsp3) is 0.515. The number of nitro benzene ring substituents is 2. The SMILES string of the molecule is CNc1ccc(N(C)CCCN2C=CN(CCCCN3C=CN(CCCN(C)c4ccc(NC)c([N+](=O)[O-])c4C)C3)C2)cc1[N+](=O)[O-]. The minimum atomic E-state index is -0.349. The molecule has 0 atom stereocenters. The van der Waals surface area contributed by atoms with Gasteiger partial charge in [0.15, 0.2) is 0 Å². The van der Waals surface area contributed by atoms with Crippen LogP contribution in [0.1, 0.15) is 31.2 Å². The van der Waals surface area contributed by atoms with Crippen LogP contribution in [0.5, 0.6) is 0 Å². The van der Waals surface area contributed by atoms with Gasteiger partial charge in [-0.15, -0.1) is 0 Å². The monoisotopic (exact) mass is 650 g/mol. The van der Waals surface area contributed by atoms with Crippen molar-refractivity contribution in [3.05, 3.63) is 80.9 Å². The molecular weight excluding hydrogens is 600 g/mol. The molecule has 0 aromatic heterocycles. The van der Waals surface area contributed by atoms with Crippen molar-refractivity contribution >= 4 is 34.1 Å². The van der Waals surface area contributed by atoms with Crippen LogP contribution in [-0.4, -0.2) is 110 Å². The number of unbranched alkanes of at least 4 members (excludes halogenated alkanes) is 1. The van der Waals surface area contributed by atoms with E-state index in [0.29, 0.717) is 16.9 Å². The van der Waals surface area contributed by atoms with Crippen LogP contribution < -0.4 is 20.4 Å². The molecule has 2 N–H and O–H groups in total. The van der Waals surface area contributed by atoms with E-state index in [1.165, 1.54) is 0 Å². The second-order valence-corrected chi connectivity index (χ2v) is 12.2. The summed E-state index contributed by atoms with van der Waals surface area (Å²) in [5.41, 5.74) is 3.69. The molecule has 4 rings (SSSR count). The third-order valence-corrected chi connectivity index (χ3v) is 8.88. The van der Waals surface area contributed by atoms with Crippen molar-refractivity contribution in [2.75, 3.05) is 101 Å². The third kappa shape index (κ3) is 9.33. The highest BCUT2D eigenvalue weighted by Crippen LogP contribution is 2.35. The number of benzene rings is 2. The first-order valence-corrected chi connectivity index (χ1v) is 16.3. The first kappa shape index (κ1) is 35.0. The average Bonchev–Trinajstić information content (AvgIpc) is 3.71. The van der Waals surface area contributed by atoms with E-state index in [-0.39, 0.29) is 21.2 Å². The zero-order valence-corrected chi connectivity index (χ0v) is 28.4. The second kappa shape index (κ2) is 16.6. The van der Waals surface area contributed by atoms with E-state index < -0.39 is 0 Å². The third-order valence-electron chi connectivity index (χ3n) is 8.88. The Morgan fingerprint density at radius 1 is 0.702 bits per heavy atom. The highest BCUT2D eigenvalue weighted by molar-refractivity contribution is 5.73. The number of nitrogens with one attached hydrogen (secondary N) is 2. The van der Waals surface area contributed by atoms with Crippen LogP contribution in [0.25, 0.3) is 0 Å². The largest absolute Gasteiger partial charge is 0.383 e. The Hall–Kier alpha value is -4.88. The minimum Gasteiger partial charge on any atom is -0.383 e. The van der Waals surface area contributed by atoms with Gasteiger partial charge in [0.1, 0.15) is 11.4 Å². The predicted octanol–water partition coefficient (Wildman–Crippen LogP) is 5.12. The van der Waals surface area contributed by atoms with Gasteiger partial charge in [-0.25, -0.2) is 0 Å². The van der Waals surface area contributed by atoms with Crippen molar-refractivity contribution in [3.8, 4) is 0 Å². The zero-order chi connectivity index (χ0) is 33.9. The Morgan fingerprint density at radius 3 is 1.68 bits per heavy atom. The highest BCUT2D eigenvalue weighted by atomic mass is 16.6. The minimum absolute atomic E-state index is 0.0902. The quantitative estimate of drug-likeness (QED) is 0.119. The summed E-state index contributed by atoms with van der Waals surface area (Å²) < 4.78 is 0. The Kier molecular flexibility index (Phi) is 12.4. The smallest absolute Gasteiger partial charge is 0.297 e. The van der Waals surface area contributed by atoms with Crippen molar-refractivity contribution in [2.24, 2.45) is 0 Å². The van der Waals surface area contributed by atoms with E-state index in [9.17, 15) is 20.2 Å². The Bertz CT molecular complexity index is 1430. The lowest BCUT2D eigenvalue weighted by Crippen LogP contribution is -2.30. The molecule has 14 heteroatoms. The molecule has 256 valence electrons. The summed E-state index contributed by atoms with van der Waals surface area (Å²) in [7, 11) is 7.36. The van der Waals surface area contributed by atoms with Crippen LogP contribution in [0.4, 0.5) is 34.1 Å². The van der Waals surface area contributed by atoms with E-state index >= 15 is 0 Å². The number of hydrogen-bond donors (Lipinski definition) is 2. The molecule has 0 spiro atoms. The van der Waals surface area contributed by atoms with Crippen LogP contribution in [0.2, 0.25) is 0 Å². The van der Waals surface area contributed by atoms with E-state index in [4.69, 9.17) is 0 Å². The molecule has 0 amide bonds. The molecule has 0 fully saturated rings. The number of hydrogen-bond acceptors (Lipinski definition) is 12.